The van der Waals surface area contributed by atoms with Crippen LogP contribution in [-0.4, -0.2) is 20.6 Å². The zero-order chi connectivity index (χ0) is 10.7. The molecular formula is C13H21N2+. The van der Waals surface area contributed by atoms with Crippen LogP contribution >= 0.6 is 0 Å². The highest BCUT2D eigenvalue weighted by Crippen LogP contribution is 2.20. The molecule has 1 heterocycles. The van der Waals surface area contributed by atoms with Gasteiger partial charge in [0.2, 0.25) is 0 Å². The van der Waals surface area contributed by atoms with Gasteiger partial charge in [-0.25, -0.2) is 0 Å². The van der Waals surface area contributed by atoms with Crippen LogP contribution in [0.25, 0.3) is 0 Å². The van der Waals surface area contributed by atoms with Crippen LogP contribution < -0.4 is 10.2 Å². The summed E-state index contributed by atoms with van der Waals surface area (Å²) in [7, 11) is 4.17. The van der Waals surface area contributed by atoms with E-state index in [0.717, 1.165) is 0 Å². The van der Waals surface area contributed by atoms with Gasteiger partial charge in [-0.2, -0.15) is 0 Å². The molecule has 0 bridgehead atoms. The van der Waals surface area contributed by atoms with Gasteiger partial charge >= 0.3 is 0 Å². The lowest BCUT2D eigenvalue weighted by Gasteiger charge is -2.21. The SMILES string of the molecule is CN(C)c1ccc([C@H]2CCCC[NH2+]2)cc1. The van der Waals surface area contributed by atoms with Crippen molar-refractivity contribution in [2.75, 3.05) is 25.5 Å². The van der Waals surface area contributed by atoms with Gasteiger partial charge in [0, 0.05) is 31.8 Å². The Balaban J connectivity index is 2.08. The second-order valence-electron chi connectivity index (χ2n) is 4.61. The Kier molecular flexibility index (Phi) is 3.27. The van der Waals surface area contributed by atoms with Crippen molar-refractivity contribution in [3.8, 4) is 0 Å². The number of quaternary nitrogens is 1. The Labute approximate surface area is 92.3 Å². The largest absolute Gasteiger partial charge is 0.378 e. The molecule has 2 N–H and O–H groups in total. The predicted octanol–water partition coefficient (Wildman–Crippen LogP) is 1.54. The van der Waals surface area contributed by atoms with Crippen molar-refractivity contribution in [3.63, 3.8) is 0 Å². The van der Waals surface area contributed by atoms with E-state index >= 15 is 0 Å². The van der Waals surface area contributed by atoms with E-state index in [1.165, 1.54) is 37.1 Å². The fourth-order valence-corrected chi connectivity index (χ4v) is 2.27. The van der Waals surface area contributed by atoms with Gasteiger partial charge in [0.1, 0.15) is 6.04 Å². The standard InChI is InChI=1S/C13H20N2/c1-15(2)12-8-6-11(7-9-12)13-5-3-4-10-14-13/h6-9,13-14H,3-5,10H2,1-2H3/p+1/t13-/m1/s1. The van der Waals surface area contributed by atoms with Gasteiger partial charge in [-0.05, 0) is 25.0 Å². The fraction of sp³-hybridized carbons (Fsp3) is 0.538. The third-order valence-electron chi connectivity index (χ3n) is 3.26. The van der Waals surface area contributed by atoms with Gasteiger partial charge in [0.05, 0.1) is 6.54 Å². The van der Waals surface area contributed by atoms with Crippen LogP contribution in [0.15, 0.2) is 24.3 Å². The van der Waals surface area contributed by atoms with E-state index in [4.69, 9.17) is 0 Å². The van der Waals surface area contributed by atoms with Gasteiger partial charge in [0.15, 0.2) is 0 Å². The third kappa shape index (κ3) is 2.51. The highest BCUT2D eigenvalue weighted by molar-refractivity contribution is 5.46. The quantitative estimate of drug-likeness (QED) is 0.776. The second-order valence-corrected chi connectivity index (χ2v) is 4.61. The van der Waals surface area contributed by atoms with Crippen LogP contribution in [0, 0.1) is 0 Å². The molecule has 2 rings (SSSR count). The molecule has 15 heavy (non-hydrogen) atoms. The summed E-state index contributed by atoms with van der Waals surface area (Å²) < 4.78 is 0. The highest BCUT2D eigenvalue weighted by Gasteiger charge is 2.17. The second kappa shape index (κ2) is 4.67. The first-order chi connectivity index (χ1) is 7.27. The monoisotopic (exact) mass is 205 g/mol. The van der Waals surface area contributed by atoms with E-state index in [9.17, 15) is 0 Å². The Bertz CT molecular complexity index is 297. The van der Waals surface area contributed by atoms with Crippen LogP contribution in [0.5, 0.6) is 0 Å². The zero-order valence-electron chi connectivity index (χ0n) is 9.74. The molecule has 0 radical (unpaired) electrons. The lowest BCUT2D eigenvalue weighted by Crippen LogP contribution is -2.86. The molecule has 1 aliphatic heterocycles. The van der Waals surface area contributed by atoms with Crippen molar-refractivity contribution >= 4 is 5.69 Å². The van der Waals surface area contributed by atoms with Gasteiger partial charge < -0.3 is 10.2 Å². The molecule has 1 atom stereocenters. The number of nitrogens with two attached hydrogens (primary N) is 1. The van der Waals surface area contributed by atoms with Crippen molar-refractivity contribution in [3.05, 3.63) is 29.8 Å². The molecule has 1 saturated heterocycles. The van der Waals surface area contributed by atoms with Gasteiger partial charge in [0.25, 0.3) is 0 Å². The topological polar surface area (TPSA) is 19.9 Å². The third-order valence-corrected chi connectivity index (χ3v) is 3.26. The Morgan fingerprint density at radius 3 is 2.40 bits per heavy atom. The summed E-state index contributed by atoms with van der Waals surface area (Å²) in [5, 5.41) is 2.48. The summed E-state index contributed by atoms with van der Waals surface area (Å²) in [5.41, 5.74) is 2.77. The van der Waals surface area contributed by atoms with Crippen molar-refractivity contribution in [1.82, 2.24) is 0 Å². The molecule has 1 aliphatic rings. The lowest BCUT2D eigenvalue weighted by molar-refractivity contribution is -0.704. The fourth-order valence-electron chi connectivity index (χ4n) is 2.27. The lowest BCUT2D eigenvalue weighted by atomic mass is 9.97. The Hall–Kier alpha value is -1.02. The van der Waals surface area contributed by atoms with E-state index in [0.29, 0.717) is 6.04 Å². The summed E-state index contributed by atoms with van der Waals surface area (Å²) >= 11 is 0. The molecular weight excluding hydrogens is 184 g/mol. The first kappa shape index (κ1) is 10.5. The van der Waals surface area contributed by atoms with Crippen LogP contribution in [-0.2, 0) is 0 Å². The Morgan fingerprint density at radius 1 is 1.13 bits per heavy atom. The summed E-state index contributed by atoms with van der Waals surface area (Å²) in [4.78, 5) is 2.15. The molecule has 2 nitrogen and oxygen atoms in total. The zero-order valence-corrected chi connectivity index (χ0v) is 9.74. The molecule has 0 amide bonds. The van der Waals surface area contributed by atoms with Crippen LogP contribution in [0.3, 0.4) is 0 Å². The summed E-state index contributed by atoms with van der Waals surface area (Å²) in [5.74, 6) is 0. The highest BCUT2D eigenvalue weighted by atomic mass is 15.1. The molecule has 0 saturated carbocycles. The molecule has 0 aromatic heterocycles. The number of hydrogen-bond acceptors (Lipinski definition) is 1. The van der Waals surface area contributed by atoms with Crippen LogP contribution in [0.2, 0.25) is 0 Å². The minimum Gasteiger partial charge on any atom is -0.378 e. The predicted molar refractivity (Wildman–Crippen MR) is 64.2 cm³/mol. The van der Waals surface area contributed by atoms with Crippen LogP contribution in [0.1, 0.15) is 30.9 Å². The summed E-state index contributed by atoms with van der Waals surface area (Å²) in [6.45, 7) is 1.29. The molecule has 1 aromatic carbocycles. The molecule has 2 heteroatoms. The number of anilines is 1. The first-order valence-corrected chi connectivity index (χ1v) is 5.88. The van der Waals surface area contributed by atoms with Crippen molar-refractivity contribution in [2.24, 2.45) is 0 Å². The summed E-state index contributed by atoms with van der Waals surface area (Å²) in [6.07, 6.45) is 4.10. The maximum atomic E-state index is 2.48. The molecule has 1 aromatic rings. The normalized spacial score (nSPS) is 21.3. The average Bonchev–Trinajstić information content (AvgIpc) is 2.30. The van der Waals surface area contributed by atoms with Crippen molar-refractivity contribution in [1.29, 1.82) is 0 Å². The molecule has 82 valence electrons. The molecule has 0 spiro atoms. The van der Waals surface area contributed by atoms with Crippen molar-refractivity contribution < 1.29 is 5.32 Å². The van der Waals surface area contributed by atoms with E-state index in [-0.39, 0.29) is 0 Å². The number of piperidine rings is 1. The first-order valence-electron chi connectivity index (χ1n) is 5.88. The maximum absolute atomic E-state index is 2.48. The number of benzene rings is 1. The van der Waals surface area contributed by atoms with E-state index < -0.39 is 0 Å². The minimum absolute atomic E-state index is 0.704. The van der Waals surface area contributed by atoms with E-state index in [1.807, 2.05) is 0 Å². The van der Waals surface area contributed by atoms with Gasteiger partial charge in [-0.1, -0.05) is 12.1 Å². The number of hydrogen-bond donors (Lipinski definition) is 1. The summed E-state index contributed by atoms with van der Waals surface area (Å²) in [6, 6.07) is 9.70. The van der Waals surface area contributed by atoms with E-state index in [2.05, 4.69) is 48.6 Å². The maximum Gasteiger partial charge on any atom is 0.112 e. The Morgan fingerprint density at radius 2 is 1.87 bits per heavy atom. The molecule has 0 aliphatic carbocycles. The van der Waals surface area contributed by atoms with Crippen LogP contribution in [0.4, 0.5) is 5.69 Å². The number of nitrogens with zero attached hydrogens (tertiary/aromatic N) is 1. The molecule has 0 unspecified atom stereocenters. The number of rotatable bonds is 2. The van der Waals surface area contributed by atoms with Crippen molar-refractivity contribution in [2.45, 2.75) is 25.3 Å². The minimum atomic E-state index is 0.704. The van der Waals surface area contributed by atoms with E-state index in [1.54, 1.807) is 0 Å². The smallest absolute Gasteiger partial charge is 0.112 e. The molecule has 1 fully saturated rings. The average molecular weight is 205 g/mol. The van der Waals surface area contributed by atoms with Gasteiger partial charge in [-0.15, -0.1) is 0 Å². The van der Waals surface area contributed by atoms with Gasteiger partial charge in [-0.3, -0.25) is 0 Å².